The largest absolute Gasteiger partial charge is 1.00 e. The second-order valence-corrected chi connectivity index (χ2v) is 13.3. The minimum atomic E-state index is 0. The van der Waals surface area contributed by atoms with Crippen LogP contribution in [0.5, 0.6) is 0 Å². The molecule has 0 bridgehead atoms. The first-order chi connectivity index (χ1) is 27.8. The standard InChI is InChI=1S/4C13H9.2CH2.2ClH.2Ti/c4*1-3-7-12-10(5-1)9-11-6-2-4-8-13(11)12;;;;;;/h4*1-9H;2*1H2;2*1H;;/q4*-1;;;;;2*+2/p-2. The van der Waals surface area contributed by atoms with E-state index in [1.807, 2.05) is 0 Å². The van der Waals surface area contributed by atoms with Crippen molar-refractivity contribution in [2.45, 2.75) is 0 Å². The van der Waals surface area contributed by atoms with Gasteiger partial charge in [-0.25, -0.2) is 0 Å². The molecular formula is C54H40Cl2Ti2-2. The van der Waals surface area contributed by atoms with Crippen LogP contribution in [-0.4, -0.2) is 9.63 Å². The second-order valence-electron chi connectivity index (χ2n) is 13.3. The second kappa shape index (κ2) is 21.7. The molecule has 0 saturated heterocycles. The Morgan fingerprint density at radius 1 is 0.207 bits per heavy atom. The summed E-state index contributed by atoms with van der Waals surface area (Å²) in [5.41, 5.74) is 0. The van der Waals surface area contributed by atoms with Gasteiger partial charge in [-0.05, 0) is 0 Å². The van der Waals surface area contributed by atoms with E-state index >= 15 is 0 Å². The molecule has 0 amide bonds. The van der Waals surface area contributed by atoms with Crippen molar-refractivity contribution >= 4 is 95.8 Å². The summed E-state index contributed by atoms with van der Waals surface area (Å²) in [6, 6.07) is 77.1. The first-order valence-electron chi connectivity index (χ1n) is 18.6. The molecule has 280 valence electrons. The van der Waals surface area contributed by atoms with Crippen LogP contribution in [0.25, 0.3) is 86.2 Å². The zero-order valence-electron chi connectivity index (χ0n) is 32.0. The number of hydrogen-bond donors (Lipinski definition) is 0. The van der Waals surface area contributed by atoms with Gasteiger partial charge in [0.2, 0.25) is 0 Å². The Balaban J connectivity index is 0.000000141. The van der Waals surface area contributed by atoms with Gasteiger partial charge in [-0.2, -0.15) is 0 Å². The predicted molar refractivity (Wildman–Crippen MR) is 242 cm³/mol. The van der Waals surface area contributed by atoms with E-state index < -0.39 is 0 Å². The Bertz CT molecular complexity index is 2510. The summed E-state index contributed by atoms with van der Waals surface area (Å²) in [5.74, 6) is 0. The quantitative estimate of drug-likeness (QED) is 0.106. The summed E-state index contributed by atoms with van der Waals surface area (Å²) in [4.78, 5) is 6.50. The van der Waals surface area contributed by atoms with Gasteiger partial charge in [0.05, 0.1) is 0 Å². The summed E-state index contributed by atoms with van der Waals surface area (Å²) >= 11 is 3.50. The van der Waals surface area contributed by atoms with Crippen molar-refractivity contribution in [2.24, 2.45) is 0 Å². The maximum Gasteiger partial charge on any atom is -0.0771 e. The topological polar surface area (TPSA) is 0 Å². The van der Waals surface area contributed by atoms with E-state index in [0.29, 0.717) is 0 Å². The van der Waals surface area contributed by atoms with Gasteiger partial charge in [0.15, 0.2) is 0 Å². The van der Waals surface area contributed by atoms with Crippen molar-refractivity contribution in [3.05, 3.63) is 218 Å². The first-order valence-corrected chi connectivity index (χ1v) is 20.8. The van der Waals surface area contributed by atoms with Gasteiger partial charge in [0.1, 0.15) is 0 Å². The van der Waals surface area contributed by atoms with Gasteiger partial charge >= 0.3 is 49.6 Å². The summed E-state index contributed by atoms with van der Waals surface area (Å²) in [7, 11) is 0. The van der Waals surface area contributed by atoms with Gasteiger partial charge in [-0.15, -0.1) is 159 Å². The van der Waals surface area contributed by atoms with Crippen molar-refractivity contribution in [1.82, 2.24) is 0 Å². The Labute approximate surface area is 375 Å². The van der Waals surface area contributed by atoms with E-state index in [2.05, 4.69) is 228 Å². The van der Waals surface area contributed by atoms with Crippen molar-refractivity contribution in [2.75, 3.05) is 0 Å². The van der Waals surface area contributed by atoms with Crippen LogP contribution < -0.4 is 24.8 Å². The molecule has 58 heavy (non-hydrogen) atoms. The SMILES string of the molecule is [CH2]=[Ti+2].[CH2]=[Ti+2].[Cl-].[Cl-].c1ccc2c(c1)[cH-]c1ccccc12.c1ccc2c(c1)[cH-]c1ccccc12.c1ccc2c(c1)[cH-]c1ccccc12.c1ccc2c(c1)[cH-]c1ccccc12. The number of halogens is 2. The Morgan fingerprint density at radius 3 is 0.431 bits per heavy atom. The number of fused-ring (bicyclic) bond motifs is 12. The molecule has 0 radical (unpaired) electrons. The molecule has 0 aromatic heterocycles. The Hall–Kier alpha value is -5.01. The molecule has 4 heteroatoms. The fourth-order valence-corrected chi connectivity index (χ4v) is 7.62. The zero-order valence-corrected chi connectivity index (χ0v) is 36.6. The molecule has 0 nitrogen and oxygen atoms in total. The number of hydrogen-bond acceptors (Lipinski definition) is 0. The minimum Gasteiger partial charge on any atom is -1.00 e. The maximum atomic E-state index is 3.25. The van der Waals surface area contributed by atoms with Gasteiger partial charge in [0.25, 0.3) is 0 Å². The van der Waals surface area contributed by atoms with Crippen molar-refractivity contribution in [1.29, 1.82) is 0 Å². The molecule has 0 N–H and O–H groups in total. The van der Waals surface area contributed by atoms with E-state index in [1.54, 1.807) is 39.9 Å². The monoisotopic (exact) mass is 854 g/mol. The predicted octanol–water partition coefficient (Wildman–Crippen LogP) is 8.79. The molecule has 0 spiro atoms. The van der Waals surface area contributed by atoms with Crippen LogP contribution in [0.15, 0.2) is 218 Å². The summed E-state index contributed by atoms with van der Waals surface area (Å²) in [6.45, 7) is 0. The zero-order chi connectivity index (χ0) is 38.7. The van der Waals surface area contributed by atoms with Crippen LogP contribution >= 0.6 is 0 Å². The third-order valence-corrected chi connectivity index (χ3v) is 10.1. The number of rotatable bonds is 0. The van der Waals surface area contributed by atoms with Crippen LogP contribution in [-0.2, 0) is 39.9 Å². The van der Waals surface area contributed by atoms with Crippen LogP contribution in [0.2, 0.25) is 0 Å². The molecule has 0 aliphatic carbocycles. The van der Waals surface area contributed by atoms with E-state index in [9.17, 15) is 0 Å². The molecular weight excluding hydrogens is 815 g/mol. The summed E-state index contributed by atoms with van der Waals surface area (Å²) in [5, 5.41) is 21.6. The molecule has 12 aromatic rings. The molecule has 0 fully saturated rings. The molecule has 0 aliphatic rings. The molecule has 12 rings (SSSR count). The van der Waals surface area contributed by atoms with Gasteiger partial charge in [0, 0.05) is 0 Å². The van der Waals surface area contributed by atoms with Crippen LogP contribution in [0.3, 0.4) is 0 Å². The fraction of sp³-hybridized carbons (Fsp3) is 0. The summed E-state index contributed by atoms with van der Waals surface area (Å²) in [6.07, 6.45) is 0. The fourth-order valence-electron chi connectivity index (χ4n) is 7.62. The molecule has 0 saturated carbocycles. The summed E-state index contributed by atoms with van der Waals surface area (Å²) < 4.78 is 0. The number of benzene rings is 8. The van der Waals surface area contributed by atoms with E-state index in [1.165, 1.54) is 86.2 Å². The molecule has 12 aromatic carbocycles. The average molecular weight is 856 g/mol. The maximum absolute atomic E-state index is 3.25. The Morgan fingerprint density at radius 2 is 0.310 bits per heavy atom. The van der Waals surface area contributed by atoms with Crippen molar-refractivity contribution in [3.63, 3.8) is 0 Å². The average Bonchev–Trinajstić information content (AvgIpc) is 4.06. The molecule has 0 heterocycles. The van der Waals surface area contributed by atoms with Gasteiger partial charge in [-0.1, -0.05) is 146 Å². The molecule has 0 unspecified atom stereocenters. The van der Waals surface area contributed by atoms with Crippen molar-refractivity contribution in [3.8, 4) is 0 Å². The smallest absolute Gasteiger partial charge is 0.0771 e. The minimum absolute atomic E-state index is 0. The molecule has 0 aliphatic heterocycles. The first kappa shape index (κ1) is 44.1. The van der Waals surface area contributed by atoms with E-state index in [4.69, 9.17) is 0 Å². The normalized spacial score (nSPS) is 10.1. The van der Waals surface area contributed by atoms with Gasteiger partial charge in [-0.3, -0.25) is 0 Å². The van der Waals surface area contributed by atoms with Crippen LogP contribution in [0.1, 0.15) is 0 Å². The van der Waals surface area contributed by atoms with E-state index in [-0.39, 0.29) is 24.8 Å². The van der Waals surface area contributed by atoms with E-state index in [0.717, 1.165) is 0 Å². The molecule has 0 atom stereocenters. The van der Waals surface area contributed by atoms with Crippen LogP contribution in [0.4, 0.5) is 0 Å². The third kappa shape index (κ3) is 9.64. The third-order valence-electron chi connectivity index (χ3n) is 10.1. The van der Waals surface area contributed by atoms with Crippen molar-refractivity contribution < 1.29 is 64.8 Å². The van der Waals surface area contributed by atoms with Crippen LogP contribution in [0, 0.1) is 0 Å². The Kier molecular flexibility index (Phi) is 16.5. The van der Waals surface area contributed by atoms with Gasteiger partial charge < -0.3 is 24.8 Å².